The molecule has 0 spiro atoms. The Hall–Kier alpha value is -3.75. The summed E-state index contributed by atoms with van der Waals surface area (Å²) in [5, 5.41) is 22.1. The number of esters is 1. The van der Waals surface area contributed by atoms with Crippen molar-refractivity contribution in [2.75, 3.05) is 7.11 Å². The number of hydrogen-bond donors (Lipinski definition) is 0. The zero-order chi connectivity index (χ0) is 18.1. The fraction of sp³-hybridized carbons (Fsp3) is 0.0625. The molecule has 0 saturated carbocycles. The molecule has 2 aromatic rings. The summed E-state index contributed by atoms with van der Waals surface area (Å²) in [6.45, 7) is 0. The molecule has 1 aliphatic heterocycles. The molecule has 1 heterocycles. The summed E-state index contributed by atoms with van der Waals surface area (Å²) in [5.41, 5.74) is -0.748. The summed E-state index contributed by atoms with van der Waals surface area (Å²) in [5.74, 6) is -0.0758. The molecule has 9 heteroatoms. The molecule has 0 fully saturated rings. The average molecular weight is 342 g/mol. The molecule has 0 amide bonds. The van der Waals surface area contributed by atoms with Gasteiger partial charge in [-0.05, 0) is 23.8 Å². The quantitative estimate of drug-likeness (QED) is 0.475. The van der Waals surface area contributed by atoms with Crippen LogP contribution in [0.15, 0.2) is 36.4 Å². The SMILES string of the molecule is COc1ccc(/C=C2\OC(=O)c3cc([N+](=O)[O-])c([N+](=O)[O-])cc32)cc1. The van der Waals surface area contributed by atoms with Gasteiger partial charge in [-0.2, -0.15) is 0 Å². The highest BCUT2D eigenvalue weighted by Crippen LogP contribution is 2.39. The second-order valence-electron chi connectivity index (χ2n) is 5.07. The van der Waals surface area contributed by atoms with E-state index in [1.807, 2.05) is 0 Å². The molecule has 126 valence electrons. The number of nitro benzene ring substituents is 2. The van der Waals surface area contributed by atoms with E-state index < -0.39 is 27.2 Å². The van der Waals surface area contributed by atoms with Gasteiger partial charge in [0.25, 0.3) is 0 Å². The lowest BCUT2D eigenvalue weighted by molar-refractivity contribution is -0.422. The van der Waals surface area contributed by atoms with E-state index in [0.29, 0.717) is 11.3 Å². The Labute approximate surface area is 140 Å². The topological polar surface area (TPSA) is 122 Å². The van der Waals surface area contributed by atoms with Crippen LogP contribution in [0.1, 0.15) is 21.5 Å². The van der Waals surface area contributed by atoms with Crippen LogP contribution in [0.25, 0.3) is 11.8 Å². The maximum absolute atomic E-state index is 11.9. The molecule has 0 N–H and O–H groups in total. The molecule has 25 heavy (non-hydrogen) atoms. The van der Waals surface area contributed by atoms with Crippen LogP contribution in [-0.4, -0.2) is 22.9 Å². The lowest BCUT2D eigenvalue weighted by atomic mass is 10.0. The molecule has 0 aliphatic carbocycles. The molecule has 2 aromatic carbocycles. The third-order valence-electron chi connectivity index (χ3n) is 3.61. The van der Waals surface area contributed by atoms with E-state index in [2.05, 4.69) is 0 Å². The highest BCUT2D eigenvalue weighted by molar-refractivity contribution is 6.06. The summed E-state index contributed by atoms with van der Waals surface area (Å²) in [6, 6.07) is 8.65. The molecule has 0 saturated heterocycles. The summed E-state index contributed by atoms with van der Waals surface area (Å²) in [7, 11) is 1.52. The van der Waals surface area contributed by atoms with Crippen LogP contribution in [0.5, 0.6) is 5.75 Å². The van der Waals surface area contributed by atoms with E-state index in [1.165, 1.54) is 13.2 Å². The van der Waals surface area contributed by atoms with E-state index >= 15 is 0 Å². The van der Waals surface area contributed by atoms with E-state index in [1.54, 1.807) is 24.3 Å². The van der Waals surface area contributed by atoms with Crippen LogP contribution in [0, 0.1) is 20.2 Å². The van der Waals surface area contributed by atoms with Crippen molar-refractivity contribution in [3.63, 3.8) is 0 Å². The third-order valence-corrected chi connectivity index (χ3v) is 3.61. The monoisotopic (exact) mass is 342 g/mol. The van der Waals surface area contributed by atoms with Gasteiger partial charge in [0.2, 0.25) is 0 Å². The number of nitro groups is 2. The van der Waals surface area contributed by atoms with Gasteiger partial charge in [-0.3, -0.25) is 20.2 Å². The van der Waals surface area contributed by atoms with E-state index in [0.717, 1.165) is 12.1 Å². The van der Waals surface area contributed by atoms with Gasteiger partial charge in [0, 0.05) is 17.7 Å². The Morgan fingerprint density at radius 3 is 2.08 bits per heavy atom. The molecule has 0 radical (unpaired) electrons. The molecular weight excluding hydrogens is 332 g/mol. The van der Waals surface area contributed by atoms with Gasteiger partial charge in [-0.25, -0.2) is 4.79 Å². The summed E-state index contributed by atoms with van der Waals surface area (Å²) < 4.78 is 10.2. The number of ether oxygens (including phenoxy) is 2. The fourth-order valence-corrected chi connectivity index (χ4v) is 2.41. The van der Waals surface area contributed by atoms with Gasteiger partial charge >= 0.3 is 17.3 Å². The number of methoxy groups -OCH3 is 1. The Balaban J connectivity index is 2.11. The van der Waals surface area contributed by atoms with Crippen molar-refractivity contribution in [2.24, 2.45) is 0 Å². The van der Waals surface area contributed by atoms with Gasteiger partial charge in [-0.1, -0.05) is 12.1 Å². The maximum Gasteiger partial charge on any atom is 0.346 e. The van der Waals surface area contributed by atoms with Crippen molar-refractivity contribution in [3.05, 3.63) is 73.3 Å². The van der Waals surface area contributed by atoms with Crippen molar-refractivity contribution in [1.29, 1.82) is 0 Å². The lowest BCUT2D eigenvalue weighted by Crippen LogP contribution is -2.00. The molecule has 0 aromatic heterocycles. The van der Waals surface area contributed by atoms with Crippen LogP contribution in [0.3, 0.4) is 0 Å². The maximum atomic E-state index is 11.9. The lowest BCUT2D eigenvalue weighted by Gasteiger charge is -2.02. The van der Waals surface area contributed by atoms with Crippen LogP contribution >= 0.6 is 0 Å². The Morgan fingerprint density at radius 1 is 1.00 bits per heavy atom. The first-order valence-electron chi connectivity index (χ1n) is 6.96. The molecular formula is C16H10N2O7. The number of cyclic esters (lactones) is 1. The van der Waals surface area contributed by atoms with Crippen molar-refractivity contribution < 1.29 is 24.1 Å². The number of fused-ring (bicyclic) bond motifs is 1. The van der Waals surface area contributed by atoms with Gasteiger partial charge in [-0.15, -0.1) is 0 Å². The number of benzene rings is 2. The largest absolute Gasteiger partial charge is 0.497 e. The fourth-order valence-electron chi connectivity index (χ4n) is 2.41. The zero-order valence-electron chi connectivity index (χ0n) is 12.8. The number of carbonyl (C=O) groups excluding carboxylic acids is 1. The Kier molecular flexibility index (Phi) is 3.89. The average Bonchev–Trinajstić information content (AvgIpc) is 2.89. The van der Waals surface area contributed by atoms with Crippen LogP contribution in [-0.2, 0) is 4.74 Å². The standard InChI is InChI=1S/C16H10N2O7/c1-24-10-4-2-9(3-5-10)6-15-11-7-13(17(20)21)14(18(22)23)8-12(11)16(19)25-15/h2-8H,1H3/b15-6-. The Bertz CT molecular complexity index is 932. The van der Waals surface area contributed by atoms with Crippen molar-refractivity contribution in [2.45, 2.75) is 0 Å². The normalized spacial score (nSPS) is 14.1. The Morgan fingerprint density at radius 2 is 1.56 bits per heavy atom. The minimum Gasteiger partial charge on any atom is -0.497 e. The van der Waals surface area contributed by atoms with Gasteiger partial charge < -0.3 is 9.47 Å². The minimum absolute atomic E-state index is 0.0861. The molecule has 0 unspecified atom stereocenters. The van der Waals surface area contributed by atoms with E-state index in [4.69, 9.17) is 9.47 Å². The summed E-state index contributed by atoms with van der Waals surface area (Å²) >= 11 is 0. The number of carbonyl (C=O) groups is 1. The van der Waals surface area contributed by atoms with Gasteiger partial charge in [0.15, 0.2) is 0 Å². The van der Waals surface area contributed by atoms with Crippen LogP contribution in [0.4, 0.5) is 11.4 Å². The first-order chi connectivity index (χ1) is 11.9. The van der Waals surface area contributed by atoms with Crippen molar-refractivity contribution >= 4 is 29.2 Å². The number of rotatable bonds is 4. The molecule has 3 rings (SSSR count). The summed E-state index contributed by atoms with van der Waals surface area (Å²) in [4.78, 5) is 32.2. The first-order valence-corrected chi connectivity index (χ1v) is 6.96. The van der Waals surface area contributed by atoms with Gasteiger partial charge in [0.05, 0.1) is 22.5 Å². The second kappa shape index (κ2) is 6.04. The molecule has 1 aliphatic rings. The smallest absolute Gasteiger partial charge is 0.346 e. The molecule has 0 atom stereocenters. The highest BCUT2D eigenvalue weighted by Gasteiger charge is 2.35. The van der Waals surface area contributed by atoms with Crippen molar-refractivity contribution in [1.82, 2.24) is 0 Å². The minimum atomic E-state index is -0.906. The number of hydrogen-bond acceptors (Lipinski definition) is 7. The van der Waals surface area contributed by atoms with Gasteiger partial charge in [0.1, 0.15) is 11.5 Å². The first kappa shape index (κ1) is 16.1. The van der Waals surface area contributed by atoms with Crippen LogP contribution < -0.4 is 4.74 Å². The summed E-state index contributed by atoms with van der Waals surface area (Å²) in [6.07, 6.45) is 1.51. The molecule has 9 nitrogen and oxygen atoms in total. The predicted molar refractivity (Wildman–Crippen MR) is 86.0 cm³/mol. The number of nitrogens with zero attached hydrogens (tertiary/aromatic N) is 2. The van der Waals surface area contributed by atoms with Crippen molar-refractivity contribution in [3.8, 4) is 5.75 Å². The predicted octanol–water partition coefficient (Wildman–Crippen LogP) is 3.18. The second-order valence-corrected chi connectivity index (χ2v) is 5.07. The van der Waals surface area contributed by atoms with E-state index in [-0.39, 0.29) is 16.9 Å². The van der Waals surface area contributed by atoms with Crippen LogP contribution in [0.2, 0.25) is 0 Å². The zero-order valence-corrected chi connectivity index (χ0v) is 12.8. The van der Waals surface area contributed by atoms with E-state index in [9.17, 15) is 25.0 Å². The molecule has 0 bridgehead atoms. The third kappa shape index (κ3) is 2.90. The highest BCUT2D eigenvalue weighted by atomic mass is 16.6.